The average molecular weight is 519 g/mol. The summed E-state index contributed by atoms with van der Waals surface area (Å²) < 4.78 is 0. The van der Waals surface area contributed by atoms with Gasteiger partial charge in [0.1, 0.15) is 18.1 Å². The number of carbonyl (C=O) groups is 4. The number of aliphatic hydroxyl groups is 1. The van der Waals surface area contributed by atoms with Crippen molar-refractivity contribution in [3.63, 3.8) is 0 Å². The van der Waals surface area contributed by atoms with Crippen LogP contribution in [0.3, 0.4) is 0 Å². The maximum absolute atomic E-state index is 12.6. The fourth-order valence-corrected chi connectivity index (χ4v) is 3.54. The molecule has 0 saturated carbocycles. The van der Waals surface area contributed by atoms with Crippen LogP contribution in [0.4, 0.5) is 0 Å². The number of H-pyrrole nitrogens is 1. The van der Waals surface area contributed by atoms with Gasteiger partial charge in [-0.05, 0) is 37.8 Å². The van der Waals surface area contributed by atoms with Crippen LogP contribution in [0, 0.1) is 0 Å². The van der Waals surface area contributed by atoms with Gasteiger partial charge in [0.25, 0.3) is 0 Å². The predicted molar refractivity (Wildman–Crippen MR) is 136 cm³/mol. The minimum Gasteiger partial charge on any atom is -0.480 e. The Balaban J connectivity index is 1.88. The van der Waals surface area contributed by atoms with Crippen molar-refractivity contribution in [2.45, 2.75) is 50.4 Å². The summed E-state index contributed by atoms with van der Waals surface area (Å²) in [6, 6.07) is 2.80. The highest BCUT2D eigenvalue weighted by molar-refractivity contribution is 5.94. The number of aromatic nitrogens is 1. The second kappa shape index (κ2) is 13.8. The number of rotatable bonds is 14. The summed E-state index contributed by atoms with van der Waals surface area (Å²) in [7, 11) is 0. The zero-order chi connectivity index (χ0) is 27.5. The lowest BCUT2D eigenvalue weighted by molar-refractivity contribution is -0.142. The first kappa shape index (κ1) is 29.1. The van der Waals surface area contributed by atoms with Gasteiger partial charge in [-0.15, -0.1) is 0 Å². The minimum absolute atomic E-state index is 0.0186. The van der Waals surface area contributed by atoms with Crippen LogP contribution in [-0.2, 0) is 25.6 Å². The van der Waals surface area contributed by atoms with Gasteiger partial charge in [0, 0.05) is 23.6 Å². The van der Waals surface area contributed by atoms with Gasteiger partial charge in [-0.2, -0.15) is 0 Å². The number of aliphatic carboxylic acids is 1. The van der Waals surface area contributed by atoms with Gasteiger partial charge < -0.3 is 48.3 Å². The van der Waals surface area contributed by atoms with Gasteiger partial charge in [0.15, 0.2) is 5.96 Å². The summed E-state index contributed by atoms with van der Waals surface area (Å²) in [5.41, 5.74) is 18.2. The Morgan fingerprint density at radius 3 is 2.35 bits per heavy atom. The number of para-hydroxylation sites is 1. The molecule has 2 rings (SSSR count). The van der Waals surface area contributed by atoms with Crippen molar-refractivity contribution >= 4 is 40.6 Å². The molecule has 2 aromatic rings. The topological polar surface area (TPSA) is 251 Å². The Bertz CT molecular complexity index is 1130. The van der Waals surface area contributed by atoms with E-state index in [2.05, 4.69) is 25.9 Å². The molecule has 4 unspecified atom stereocenters. The van der Waals surface area contributed by atoms with Crippen LogP contribution in [-0.4, -0.2) is 82.2 Å². The van der Waals surface area contributed by atoms with Gasteiger partial charge in [-0.3, -0.25) is 19.4 Å². The molecule has 202 valence electrons. The van der Waals surface area contributed by atoms with Crippen molar-refractivity contribution in [3.05, 3.63) is 36.0 Å². The lowest BCUT2D eigenvalue weighted by Crippen LogP contribution is -2.57. The lowest BCUT2D eigenvalue weighted by atomic mass is 10.0. The highest BCUT2D eigenvalue weighted by Gasteiger charge is 2.28. The summed E-state index contributed by atoms with van der Waals surface area (Å²) in [6.45, 7) is 0.766. The van der Waals surface area contributed by atoms with E-state index in [0.29, 0.717) is 0 Å². The van der Waals surface area contributed by atoms with Crippen LogP contribution in [0.15, 0.2) is 35.5 Å². The second-order valence-corrected chi connectivity index (χ2v) is 8.49. The molecule has 0 radical (unpaired) electrons. The third kappa shape index (κ3) is 8.77. The fraction of sp³-hybridized carbons (Fsp3) is 0.435. The van der Waals surface area contributed by atoms with Crippen molar-refractivity contribution in [1.82, 2.24) is 20.9 Å². The average Bonchev–Trinajstić information content (AvgIpc) is 3.26. The Hall–Kier alpha value is -4.17. The number of hydrogen-bond acceptors (Lipinski definition) is 7. The van der Waals surface area contributed by atoms with Gasteiger partial charge in [-0.1, -0.05) is 18.2 Å². The molecule has 1 heterocycles. The minimum atomic E-state index is -1.44. The molecule has 0 spiro atoms. The summed E-state index contributed by atoms with van der Waals surface area (Å²) in [6.07, 6.45) is 2.28. The van der Waals surface area contributed by atoms with Crippen molar-refractivity contribution in [2.75, 3.05) is 13.2 Å². The van der Waals surface area contributed by atoms with E-state index in [1.807, 2.05) is 24.3 Å². The van der Waals surface area contributed by atoms with Gasteiger partial charge >= 0.3 is 5.97 Å². The zero-order valence-corrected chi connectivity index (χ0v) is 20.4. The van der Waals surface area contributed by atoms with E-state index in [-0.39, 0.29) is 31.8 Å². The highest BCUT2D eigenvalue weighted by atomic mass is 16.4. The summed E-state index contributed by atoms with van der Waals surface area (Å²) in [4.78, 5) is 55.9. The van der Waals surface area contributed by atoms with E-state index >= 15 is 0 Å². The molecule has 0 aliphatic rings. The standard InChI is InChI=1S/C23H34N8O6/c1-12(29-20(34)15(24)9-13-10-28-16-6-3-2-5-14(13)16)19(33)31-18(11-32)21(35)30-17(22(36)37)7-4-8-27-23(25)26/h2-3,5-6,10,12,15,17-18,28,32H,4,7-9,11,24H2,1H3,(H,29,34)(H,30,35)(H,31,33)(H,36,37)(H4,25,26,27). The molecule has 1 aromatic heterocycles. The number of nitrogens with one attached hydrogen (secondary N) is 4. The smallest absolute Gasteiger partial charge is 0.326 e. The van der Waals surface area contributed by atoms with Crippen LogP contribution >= 0.6 is 0 Å². The maximum atomic E-state index is 12.6. The number of carboxylic acids is 1. The molecule has 0 aliphatic heterocycles. The van der Waals surface area contributed by atoms with Crippen LogP contribution in [0.2, 0.25) is 0 Å². The van der Waals surface area contributed by atoms with E-state index in [4.69, 9.17) is 17.2 Å². The number of aliphatic hydroxyl groups excluding tert-OH is 1. The molecule has 14 nitrogen and oxygen atoms in total. The Kier molecular flexibility index (Phi) is 10.8. The first-order chi connectivity index (χ1) is 17.5. The zero-order valence-electron chi connectivity index (χ0n) is 20.4. The number of aromatic amines is 1. The van der Waals surface area contributed by atoms with Crippen LogP contribution in [0.5, 0.6) is 0 Å². The van der Waals surface area contributed by atoms with Crippen LogP contribution in [0.1, 0.15) is 25.3 Å². The number of carbonyl (C=O) groups excluding carboxylic acids is 3. The number of aliphatic imine (C=N–C) groups is 1. The van der Waals surface area contributed by atoms with E-state index in [1.165, 1.54) is 6.92 Å². The number of fused-ring (bicyclic) bond motifs is 1. The molecule has 3 amide bonds. The first-order valence-corrected chi connectivity index (χ1v) is 11.6. The second-order valence-electron chi connectivity index (χ2n) is 8.49. The largest absolute Gasteiger partial charge is 0.480 e. The van der Waals surface area contributed by atoms with Crippen LogP contribution in [0.25, 0.3) is 10.9 Å². The molecule has 14 heteroatoms. The number of hydrogen-bond donors (Lipinski definition) is 9. The van der Waals surface area contributed by atoms with Crippen molar-refractivity contribution in [3.8, 4) is 0 Å². The summed E-state index contributed by atoms with van der Waals surface area (Å²) in [5, 5.41) is 26.9. The molecule has 0 aliphatic carbocycles. The third-order valence-electron chi connectivity index (χ3n) is 5.58. The number of nitrogens with zero attached hydrogens (tertiary/aromatic N) is 1. The third-order valence-corrected chi connectivity index (χ3v) is 5.58. The molecule has 0 saturated heterocycles. The highest BCUT2D eigenvalue weighted by Crippen LogP contribution is 2.18. The monoisotopic (exact) mass is 518 g/mol. The van der Waals surface area contributed by atoms with Crippen molar-refractivity contribution in [1.29, 1.82) is 0 Å². The van der Waals surface area contributed by atoms with Crippen molar-refractivity contribution in [2.24, 2.45) is 22.2 Å². The Labute approximate surface area is 213 Å². The molecule has 0 bridgehead atoms. The van der Waals surface area contributed by atoms with Gasteiger partial charge in [-0.25, -0.2) is 4.79 Å². The normalized spacial score (nSPS) is 14.1. The summed E-state index contributed by atoms with van der Waals surface area (Å²) >= 11 is 0. The quantitative estimate of drug-likeness (QED) is 0.0735. The van der Waals surface area contributed by atoms with E-state index in [1.54, 1.807) is 6.20 Å². The SMILES string of the molecule is CC(NC(=O)C(N)Cc1c[nH]c2ccccc12)C(=O)NC(CO)C(=O)NC(CCCN=C(N)N)C(=O)O. The fourth-order valence-electron chi connectivity index (χ4n) is 3.54. The van der Waals surface area contributed by atoms with Gasteiger partial charge in [0.05, 0.1) is 12.6 Å². The number of amides is 3. The lowest BCUT2D eigenvalue weighted by Gasteiger charge is -2.22. The molecule has 12 N–H and O–H groups in total. The van der Waals surface area contributed by atoms with Crippen molar-refractivity contribution < 1.29 is 29.4 Å². The van der Waals surface area contributed by atoms with E-state index in [9.17, 15) is 29.4 Å². The van der Waals surface area contributed by atoms with E-state index < -0.39 is 54.5 Å². The Morgan fingerprint density at radius 1 is 1.03 bits per heavy atom. The number of carboxylic acid groups (broad SMARTS) is 1. The molecular weight excluding hydrogens is 484 g/mol. The number of nitrogens with two attached hydrogens (primary N) is 3. The Morgan fingerprint density at radius 2 is 1.70 bits per heavy atom. The van der Waals surface area contributed by atoms with Gasteiger partial charge in [0.2, 0.25) is 17.7 Å². The summed E-state index contributed by atoms with van der Waals surface area (Å²) in [5.74, 6) is -3.68. The molecule has 4 atom stereocenters. The van der Waals surface area contributed by atoms with E-state index in [0.717, 1.165) is 16.5 Å². The first-order valence-electron chi connectivity index (χ1n) is 11.6. The number of guanidine groups is 1. The van der Waals surface area contributed by atoms with Crippen LogP contribution < -0.4 is 33.2 Å². The molecule has 1 aromatic carbocycles. The maximum Gasteiger partial charge on any atom is 0.326 e. The molecule has 37 heavy (non-hydrogen) atoms. The number of benzene rings is 1. The predicted octanol–water partition coefficient (Wildman–Crippen LogP) is -2.36. The molecule has 0 fully saturated rings. The molecular formula is C23H34N8O6.